The quantitative estimate of drug-likeness (QED) is 0.630. The third-order valence-corrected chi connectivity index (χ3v) is 2.59. The molecule has 0 spiro atoms. The van der Waals surface area contributed by atoms with Crippen LogP contribution in [0.2, 0.25) is 0 Å². The average molecular weight is 186 g/mol. The summed E-state index contributed by atoms with van der Waals surface area (Å²) >= 11 is 1.38. The smallest absolute Gasteiger partial charge is 0.309 e. The maximum atomic E-state index is 10.8. The predicted octanol–water partition coefficient (Wildman–Crippen LogP) is 1.47. The number of amides is 1. The molecule has 1 N–H and O–H groups in total. The third-order valence-electron chi connectivity index (χ3n) is 2.00. The topological polar surface area (TPSA) is 41.6 Å². The van der Waals surface area contributed by atoms with Crippen LogP contribution in [0.4, 0.5) is 4.79 Å². The van der Waals surface area contributed by atoms with Crippen LogP contribution in [0, 0.1) is 5.92 Å². The molecule has 4 nitrogen and oxygen atoms in total. The number of carbonyl (C=O) groups is 1. The summed E-state index contributed by atoms with van der Waals surface area (Å²) in [7, 11) is 0. The van der Waals surface area contributed by atoms with Crippen molar-refractivity contribution in [3.63, 3.8) is 0 Å². The summed E-state index contributed by atoms with van der Waals surface area (Å²) in [4.78, 5) is 15.7. The van der Waals surface area contributed by atoms with Crippen LogP contribution in [0.1, 0.15) is 13.3 Å². The van der Waals surface area contributed by atoms with Crippen LogP contribution in [0.25, 0.3) is 0 Å². The van der Waals surface area contributed by atoms with Gasteiger partial charge in [-0.1, -0.05) is 6.92 Å². The summed E-state index contributed by atoms with van der Waals surface area (Å²) in [5.74, 6) is 1.43. The number of nitrogens with one attached hydrogen (secondary N) is 1. The second kappa shape index (κ2) is 2.58. The number of rotatable bonds is 1. The Morgan fingerprint density at radius 2 is 2.42 bits per heavy atom. The first kappa shape index (κ1) is 7.79. The monoisotopic (exact) mass is 186 g/mol. The van der Waals surface area contributed by atoms with Crippen molar-refractivity contribution < 1.29 is 9.63 Å². The Balaban J connectivity index is 2.20. The van der Waals surface area contributed by atoms with Crippen LogP contribution in [-0.2, 0) is 4.84 Å². The van der Waals surface area contributed by atoms with Crippen LogP contribution in [0.5, 0.6) is 0 Å². The van der Waals surface area contributed by atoms with E-state index >= 15 is 0 Å². The van der Waals surface area contributed by atoms with Gasteiger partial charge in [0.1, 0.15) is 0 Å². The first-order chi connectivity index (χ1) is 5.72. The van der Waals surface area contributed by atoms with Gasteiger partial charge in [0.25, 0.3) is 0 Å². The normalized spacial score (nSPS) is 33.3. The molecule has 0 radical (unpaired) electrons. The minimum atomic E-state index is -0.383. The van der Waals surface area contributed by atoms with Gasteiger partial charge in [-0.25, -0.2) is 4.79 Å². The summed E-state index contributed by atoms with van der Waals surface area (Å²) < 4.78 is 1.53. The lowest BCUT2D eigenvalue weighted by atomic mass is 10.4. The van der Waals surface area contributed by atoms with Crippen molar-refractivity contribution in [1.82, 2.24) is 9.79 Å². The van der Waals surface area contributed by atoms with Crippen LogP contribution in [-0.4, -0.2) is 16.8 Å². The van der Waals surface area contributed by atoms with Gasteiger partial charge in [-0.05, 0) is 29.9 Å². The van der Waals surface area contributed by atoms with E-state index in [1.165, 1.54) is 22.0 Å². The lowest BCUT2D eigenvalue weighted by Gasteiger charge is -2.09. The van der Waals surface area contributed by atoms with Gasteiger partial charge in [-0.2, -0.15) is 0 Å². The Labute approximate surface area is 75.0 Å². The summed E-state index contributed by atoms with van der Waals surface area (Å²) in [6, 6.07) is 0. The van der Waals surface area contributed by atoms with Crippen molar-refractivity contribution in [3.8, 4) is 0 Å². The molecular weight excluding hydrogens is 176 g/mol. The van der Waals surface area contributed by atoms with Gasteiger partial charge in [0.15, 0.2) is 5.82 Å². The molecule has 2 fully saturated rings. The molecule has 1 unspecified atom stereocenters. The van der Waals surface area contributed by atoms with Crippen LogP contribution in [0.3, 0.4) is 0 Å². The molecule has 1 amide bonds. The van der Waals surface area contributed by atoms with Gasteiger partial charge in [-0.15, -0.1) is 4.47 Å². The van der Waals surface area contributed by atoms with E-state index in [0.29, 0.717) is 5.92 Å². The minimum absolute atomic E-state index is 0.383. The maximum Gasteiger partial charge on any atom is 0.438 e. The van der Waals surface area contributed by atoms with E-state index in [1.807, 2.05) is 6.26 Å². The number of carbonyl (C=O) groups excluding carboxylic acids is 1. The van der Waals surface area contributed by atoms with Gasteiger partial charge in [-0.3, -0.25) is 5.32 Å². The van der Waals surface area contributed by atoms with Gasteiger partial charge in [0.05, 0.1) is 0 Å². The zero-order valence-corrected chi connectivity index (χ0v) is 7.77. The highest BCUT2D eigenvalue weighted by Crippen LogP contribution is 2.41. The Hall–Kier alpha value is -0.840. The predicted molar refractivity (Wildman–Crippen MR) is 45.8 cm³/mol. The van der Waals surface area contributed by atoms with Crippen molar-refractivity contribution in [3.05, 3.63) is 11.4 Å². The Morgan fingerprint density at radius 1 is 1.75 bits per heavy atom. The van der Waals surface area contributed by atoms with Crippen LogP contribution < -0.4 is 5.32 Å². The number of allylic oxidation sites excluding steroid dienone is 1. The number of nitrogens with zero attached hydrogens (tertiary/aromatic N) is 1. The van der Waals surface area contributed by atoms with Gasteiger partial charge in [0, 0.05) is 6.26 Å². The molecule has 5 heteroatoms. The van der Waals surface area contributed by atoms with Crippen molar-refractivity contribution >= 4 is 18.0 Å². The fraction of sp³-hybridized carbons (Fsp3) is 0.571. The van der Waals surface area contributed by atoms with Gasteiger partial charge in [0.2, 0.25) is 0 Å². The van der Waals surface area contributed by atoms with Crippen LogP contribution >= 0.6 is 11.9 Å². The molecule has 2 rings (SSSR count). The summed E-state index contributed by atoms with van der Waals surface area (Å²) in [5.41, 5.74) is 1.27. The molecule has 1 atom stereocenters. The standard InChI is InChI=1S/C7H10N2O2S/c1-4-3-5(4)6-8-7(10)11-9(6)12-2/h4H,3H2,1-2H3,(H,8,10)/b6-5-. The molecule has 12 heavy (non-hydrogen) atoms. The molecule has 0 aromatic rings. The van der Waals surface area contributed by atoms with Crippen molar-refractivity contribution in [2.24, 2.45) is 5.92 Å². The van der Waals surface area contributed by atoms with E-state index in [9.17, 15) is 4.79 Å². The SMILES string of the molecule is CSN1OC(=O)N/C1=C1\CC1C. The van der Waals surface area contributed by atoms with Gasteiger partial charge >= 0.3 is 6.09 Å². The van der Waals surface area contributed by atoms with E-state index in [2.05, 4.69) is 12.2 Å². The molecule has 1 saturated heterocycles. The highest BCUT2D eigenvalue weighted by atomic mass is 32.2. The van der Waals surface area contributed by atoms with E-state index in [1.54, 1.807) is 0 Å². The molecule has 0 aromatic carbocycles. The number of hydrogen-bond acceptors (Lipinski definition) is 4. The number of hydroxylamine groups is 1. The summed E-state index contributed by atoms with van der Waals surface area (Å²) in [5, 5.41) is 2.67. The Morgan fingerprint density at radius 3 is 2.92 bits per heavy atom. The zero-order valence-electron chi connectivity index (χ0n) is 6.96. The highest BCUT2D eigenvalue weighted by Gasteiger charge is 2.37. The van der Waals surface area contributed by atoms with Crippen molar-refractivity contribution in [2.75, 3.05) is 6.26 Å². The second-order valence-corrected chi connectivity index (χ2v) is 3.62. The van der Waals surface area contributed by atoms with Crippen LogP contribution in [0.15, 0.2) is 11.4 Å². The lowest BCUT2D eigenvalue weighted by molar-refractivity contribution is 0.0517. The molecule has 66 valence electrons. The average Bonchev–Trinajstić information content (AvgIpc) is 2.61. The molecule has 1 saturated carbocycles. The molecule has 2 aliphatic rings. The molecule has 0 aromatic heterocycles. The van der Waals surface area contributed by atoms with E-state index in [0.717, 1.165) is 12.2 Å². The largest absolute Gasteiger partial charge is 0.438 e. The molecule has 0 bridgehead atoms. The second-order valence-electron chi connectivity index (χ2n) is 2.92. The molecule has 1 aliphatic heterocycles. The fourth-order valence-corrected chi connectivity index (χ4v) is 1.70. The van der Waals surface area contributed by atoms with Gasteiger partial charge < -0.3 is 4.84 Å². The zero-order chi connectivity index (χ0) is 8.72. The molecule has 1 heterocycles. The maximum absolute atomic E-state index is 10.8. The van der Waals surface area contributed by atoms with E-state index < -0.39 is 0 Å². The highest BCUT2D eigenvalue weighted by molar-refractivity contribution is 7.96. The summed E-state index contributed by atoms with van der Waals surface area (Å²) in [6.45, 7) is 2.13. The van der Waals surface area contributed by atoms with Crippen molar-refractivity contribution in [1.29, 1.82) is 0 Å². The fourth-order valence-electron chi connectivity index (χ4n) is 1.21. The summed E-state index contributed by atoms with van der Waals surface area (Å²) in [6.07, 6.45) is 2.55. The first-order valence-corrected chi connectivity index (χ1v) is 4.96. The molecule has 1 aliphatic carbocycles. The number of hydrogen-bond donors (Lipinski definition) is 1. The third kappa shape index (κ3) is 1.14. The van der Waals surface area contributed by atoms with E-state index in [4.69, 9.17) is 4.84 Å². The minimum Gasteiger partial charge on any atom is -0.309 e. The van der Waals surface area contributed by atoms with E-state index in [-0.39, 0.29) is 6.09 Å². The Kier molecular flexibility index (Phi) is 1.68. The lowest BCUT2D eigenvalue weighted by Crippen LogP contribution is -2.12. The van der Waals surface area contributed by atoms with Crippen molar-refractivity contribution in [2.45, 2.75) is 13.3 Å². The molecular formula is C7H10N2O2S. The first-order valence-electron chi connectivity index (χ1n) is 3.78. The Bertz CT molecular complexity index is 264.